The van der Waals surface area contributed by atoms with Gasteiger partial charge in [0.05, 0.1) is 11.8 Å². The molecule has 1 aliphatic rings. The van der Waals surface area contributed by atoms with E-state index < -0.39 is 0 Å². The maximum atomic E-state index is 12.2. The van der Waals surface area contributed by atoms with Crippen LogP contribution < -0.4 is 0 Å². The van der Waals surface area contributed by atoms with Gasteiger partial charge in [0.25, 0.3) is 0 Å². The summed E-state index contributed by atoms with van der Waals surface area (Å²) in [7, 11) is 0. The molecule has 1 aliphatic heterocycles. The highest BCUT2D eigenvalue weighted by atomic mass is 16.5. The molecule has 0 bridgehead atoms. The number of hydrogen-bond acceptors (Lipinski definition) is 2. The van der Waals surface area contributed by atoms with Gasteiger partial charge in [-0.3, -0.25) is 4.79 Å². The Morgan fingerprint density at radius 3 is 2.61 bits per heavy atom. The number of carbonyl (C=O) groups excluding carboxylic acids is 1. The summed E-state index contributed by atoms with van der Waals surface area (Å²) in [5, 5.41) is 0. The second-order valence-electron chi connectivity index (χ2n) is 5.33. The molecule has 18 heavy (non-hydrogen) atoms. The number of nitrogens with one attached hydrogen (secondary N) is 1. The van der Waals surface area contributed by atoms with Crippen molar-refractivity contribution in [3.8, 4) is 0 Å². The molecule has 3 heteroatoms. The Balaban J connectivity index is 1.93. The molecule has 100 valence electrons. The van der Waals surface area contributed by atoms with E-state index in [2.05, 4.69) is 11.9 Å². The maximum absolute atomic E-state index is 12.2. The van der Waals surface area contributed by atoms with Crippen LogP contribution in [0.2, 0.25) is 0 Å². The highest BCUT2D eigenvalue weighted by molar-refractivity contribution is 5.96. The number of rotatable bonds is 4. The Bertz CT molecular complexity index is 428. The smallest absolute Gasteiger partial charge is 0.179 e. The Labute approximate surface area is 109 Å². The third-order valence-electron chi connectivity index (χ3n) is 4.06. The number of Topliss-reactive ketones (excluding diaryl/α,β-unsaturated/α-hetero) is 1. The van der Waals surface area contributed by atoms with Crippen LogP contribution in [-0.2, 0) is 4.74 Å². The van der Waals surface area contributed by atoms with Gasteiger partial charge in [0.1, 0.15) is 0 Å². The highest BCUT2D eigenvalue weighted by Crippen LogP contribution is 2.21. The van der Waals surface area contributed by atoms with E-state index >= 15 is 0 Å². The van der Waals surface area contributed by atoms with Crippen molar-refractivity contribution in [2.75, 3.05) is 6.61 Å². The standard InChI is InChI=1S/C15H23NO2/c1-10-11(2)15(16-12(10)3)14(17)8-7-13-6-4-5-9-18-13/h13,16H,4-9H2,1-3H3. The zero-order valence-corrected chi connectivity index (χ0v) is 11.6. The first-order valence-corrected chi connectivity index (χ1v) is 6.90. The predicted molar refractivity (Wildman–Crippen MR) is 72.2 cm³/mol. The first-order valence-electron chi connectivity index (χ1n) is 6.90. The first kappa shape index (κ1) is 13.3. The molecule has 0 saturated carbocycles. The van der Waals surface area contributed by atoms with Gasteiger partial charge in [0.15, 0.2) is 5.78 Å². The molecular weight excluding hydrogens is 226 g/mol. The number of H-pyrrole nitrogens is 1. The van der Waals surface area contributed by atoms with Crippen LogP contribution >= 0.6 is 0 Å². The van der Waals surface area contributed by atoms with Crippen molar-refractivity contribution in [2.45, 2.75) is 59.0 Å². The van der Waals surface area contributed by atoms with Crippen LogP contribution in [0.3, 0.4) is 0 Å². The van der Waals surface area contributed by atoms with Crippen molar-refractivity contribution < 1.29 is 9.53 Å². The van der Waals surface area contributed by atoms with Crippen LogP contribution in [0, 0.1) is 20.8 Å². The van der Waals surface area contributed by atoms with Crippen LogP contribution in [0.25, 0.3) is 0 Å². The highest BCUT2D eigenvalue weighted by Gasteiger charge is 2.18. The minimum absolute atomic E-state index is 0.220. The third kappa shape index (κ3) is 2.83. The zero-order valence-electron chi connectivity index (χ0n) is 11.6. The van der Waals surface area contributed by atoms with Crippen molar-refractivity contribution in [3.05, 3.63) is 22.5 Å². The topological polar surface area (TPSA) is 42.1 Å². The molecule has 1 unspecified atom stereocenters. The number of aryl methyl sites for hydroxylation is 1. The minimum Gasteiger partial charge on any atom is -0.378 e. The van der Waals surface area contributed by atoms with E-state index in [0.29, 0.717) is 12.5 Å². The molecule has 0 amide bonds. The molecule has 1 N–H and O–H groups in total. The maximum Gasteiger partial charge on any atom is 0.179 e. The fourth-order valence-corrected chi connectivity index (χ4v) is 2.57. The summed E-state index contributed by atoms with van der Waals surface area (Å²) in [6.07, 6.45) is 5.24. The summed E-state index contributed by atoms with van der Waals surface area (Å²) in [5.74, 6) is 0.220. The van der Waals surface area contributed by atoms with E-state index in [4.69, 9.17) is 4.74 Å². The van der Waals surface area contributed by atoms with Crippen LogP contribution in [-0.4, -0.2) is 23.5 Å². The fourth-order valence-electron chi connectivity index (χ4n) is 2.57. The molecule has 0 aliphatic carbocycles. The summed E-state index contributed by atoms with van der Waals surface area (Å²) >= 11 is 0. The van der Waals surface area contributed by atoms with Crippen LogP contribution in [0.1, 0.15) is 59.4 Å². The number of hydrogen-bond donors (Lipinski definition) is 1. The summed E-state index contributed by atoms with van der Waals surface area (Å²) in [5.41, 5.74) is 4.19. The lowest BCUT2D eigenvalue weighted by molar-refractivity contribution is 0.0104. The average molecular weight is 249 g/mol. The summed E-state index contributed by atoms with van der Waals surface area (Å²) in [6.45, 7) is 6.95. The molecule has 1 saturated heterocycles. The van der Waals surface area contributed by atoms with Crippen LogP contribution in [0.4, 0.5) is 0 Å². The lowest BCUT2D eigenvalue weighted by Crippen LogP contribution is -2.20. The van der Waals surface area contributed by atoms with Crippen molar-refractivity contribution in [3.63, 3.8) is 0 Å². The van der Waals surface area contributed by atoms with Gasteiger partial charge in [0.2, 0.25) is 0 Å². The second-order valence-corrected chi connectivity index (χ2v) is 5.33. The molecule has 2 heterocycles. The van der Waals surface area contributed by atoms with Crippen molar-refractivity contribution in [2.24, 2.45) is 0 Å². The van der Waals surface area contributed by atoms with E-state index in [1.165, 1.54) is 18.4 Å². The Hall–Kier alpha value is -1.09. The van der Waals surface area contributed by atoms with E-state index in [9.17, 15) is 4.79 Å². The molecule has 1 aromatic rings. The normalized spacial score (nSPS) is 20.1. The average Bonchev–Trinajstić information content (AvgIpc) is 2.65. The number of ketones is 1. The molecule has 0 aromatic carbocycles. The van der Waals surface area contributed by atoms with E-state index in [-0.39, 0.29) is 5.78 Å². The molecular formula is C15H23NO2. The van der Waals surface area contributed by atoms with Gasteiger partial charge in [-0.1, -0.05) is 0 Å². The van der Waals surface area contributed by atoms with Crippen molar-refractivity contribution >= 4 is 5.78 Å². The monoisotopic (exact) mass is 249 g/mol. The molecule has 0 radical (unpaired) electrons. The SMILES string of the molecule is Cc1[nH]c(C(=O)CCC2CCCCO2)c(C)c1C. The Morgan fingerprint density at radius 2 is 2.06 bits per heavy atom. The lowest BCUT2D eigenvalue weighted by atomic mass is 10.0. The number of aromatic nitrogens is 1. The fraction of sp³-hybridized carbons (Fsp3) is 0.667. The van der Waals surface area contributed by atoms with E-state index in [1.807, 2.05) is 13.8 Å². The van der Waals surface area contributed by atoms with E-state index in [1.54, 1.807) is 0 Å². The lowest BCUT2D eigenvalue weighted by Gasteiger charge is -2.22. The van der Waals surface area contributed by atoms with Crippen LogP contribution in [0.5, 0.6) is 0 Å². The quantitative estimate of drug-likeness (QED) is 0.830. The summed E-state index contributed by atoms with van der Waals surface area (Å²) < 4.78 is 5.66. The molecule has 0 spiro atoms. The molecule has 2 rings (SSSR count). The zero-order chi connectivity index (χ0) is 13.1. The van der Waals surface area contributed by atoms with Gasteiger partial charge in [-0.25, -0.2) is 0 Å². The van der Waals surface area contributed by atoms with Crippen molar-refractivity contribution in [1.82, 2.24) is 4.98 Å². The summed E-state index contributed by atoms with van der Waals surface area (Å²) in [4.78, 5) is 15.4. The van der Waals surface area contributed by atoms with Gasteiger partial charge in [-0.15, -0.1) is 0 Å². The summed E-state index contributed by atoms with van der Waals surface area (Å²) in [6, 6.07) is 0. The largest absolute Gasteiger partial charge is 0.378 e. The van der Waals surface area contributed by atoms with Gasteiger partial charge < -0.3 is 9.72 Å². The molecule has 1 aromatic heterocycles. The second kappa shape index (κ2) is 5.70. The number of carbonyl (C=O) groups is 1. The predicted octanol–water partition coefficient (Wildman–Crippen LogP) is 3.47. The Morgan fingerprint density at radius 1 is 1.28 bits per heavy atom. The van der Waals surface area contributed by atoms with E-state index in [0.717, 1.165) is 36.4 Å². The van der Waals surface area contributed by atoms with Crippen molar-refractivity contribution in [1.29, 1.82) is 0 Å². The van der Waals surface area contributed by atoms with Gasteiger partial charge in [-0.2, -0.15) is 0 Å². The number of aromatic amines is 1. The van der Waals surface area contributed by atoms with Gasteiger partial charge in [0, 0.05) is 18.7 Å². The van der Waals surface area contributed by atoms with Crippen LogP contribution in [0.15, 0.2) is 0 Å². The Kier molecular flexibility index (Phi) is 4.23. The minimum atomic E-state index is 0.220. The number of ether oxygens (including phenoxy) is 1. The molecule has 1 fully saturated rings. The third-order valence-corrected chi connectivity index (χ3v) is 4.06. The van der Waals surface area contributed by atoms with Gasteiger partial charge in [-0.05, 0) is 57.6 Å². The molecule has 3 nitrogen and oxygen atoms in total. The van der Waals surface area contributed by atoms with Gasteiger partial charge >= 0.3 is 0 Å². The molecule has 1 atom stereocenters. The first-order chi connectivity index (χ1) is 8.59.